The molecule has 6 heteroatoms. The molecule has 30 heavy (non-hydrogen) atoms. The van der Waals surface area contributed by atoms with E-state index < -0.39 is 12.2 Å². The first-order chi connectivity index (χ1) is 14.4. The summed E-state index contributed by atoms with van der Waals surface area (Å²) in [6.45, 7) is 6.00. The first-order valence-electron chi connectivity index (χ1n) is 11.4. The molecule has 1 aromatic heterocycles. The minimum Gasteiger partial charge on any atom is -0.481 e. The minimum absolute atomic E-state index is 0.148. The number of carbonyl (C=O) groups is 1. The van der Waals surface area contributed by atoms with Crippen molar-refractivity contribution in [2.75, 3.05) is 6.54 Å². The molecule has 5 unspecified atom stereocenters. The predicted octanol–water partition coefficient (Wildman–Crippen LogP) is 5.09. The van der Waals surface area contributed by atoms with Crippen molar-refractivity contribution >= 4 is 28.5 Å². The van der Waals surface area contributed by atoms with Crippen LogP contribution in [0.3, 0.4) is 0 Å². The number of carboxylic acids is 1. The van der Waals surface area contributed by atoms with Crippen LogP contribution in [0.5, 0.6) is 0 Å². The summed E-state index contributed by atoms with van der Waals surface area (Å²) in [6, 6.07) is 6.19. The lowest BCUT2D eigenvalue weighted by molar-refractivity contribution is -0.151. The molecule has 0 bridgehead atoms. The standard InChI is InChI=1S/C24H33ClN2O3/c1-3-26-14-18(23-19(25)9-5-11-21(23)26)15(2)13-22(28)27-12-6-8-16-17(24(29)30)7-4-10-20(16)27/h5,9,11,14-17,20,22,28H,3-4,6-8,10,12-13H2,1-2H3,(H,29,30). The summed E-state index contributed by atoms with van der Waals surface area (Å²) < 4.78 is 2.22. The third-order valence-corrected chi connectivity index (χ3v) is 7.74. The van der Waals surface area contributed by atoms with Gasteiger partial charge in [0.05, 0.1) is 10.9 Å². The van der Waals surface area contributed by atoms with Gasteiger partial charge in [-0.25, -0.2) is 0 Å². The van der Waals surface area contributed by atoms with E-state index in [0.717, 1.165) is 61.1 Å². The first-order valence-corrected chi connectivity index (χ1v) is 11.7. The fraction of sp³-hybridized carbons (Fsp3) is 0.625. The van der Waals surface area contributed by atoms with E-state index in [0.29, 0.717) is 6.42 Å². The molecule has 0 amide bonds. The number of benzene rings is 1. The number of aliphatic hydroxyl groups excluding tert-OH is 1. The van der Waals surface area contributed by atoms with Gasteiger partial charge in [-0.3, -0.25) is 9.69 Å². The second kappa shape index (κ2) is 8.89. The largest absolute Gasteiger partial charge is 0.481 e. The molecule has 1 aliphatic carbocycles. The number of aliphatic hydroxyl groups is 1. The van der Waals surface area contributed by atoms with Gasteiger partial charge in [-0.1, -0.05) is 31.0 Å². The number of carboxylic acid groups (broad SMARTS) is 1. The Morgan fingerprint density at radius 3 is 2.80 bits per heavy atom. The number of piperidine rings is 1. The molecule has 1 saturated heterocycles. The quantitative estimate of drug-likeness (QED) is 0.667. The highest BCUT2D eigenvalue weighted by Gasteiger charge is 2.43. The van der Waals surface area contributed by atoms with Gasteiger partial charge >= 0.3 is 5.97 Å². The predicted molar refractivity (Wildman–Crippen MR) is 120 cm³/mol. The fourth-order valence-electron chi connectivity index (χ4n) is 5.95. The molecular formula is C24H33ClN2O3. The fourth-order valence-corrected chi connectivity index (χ4v) is 6.23. The topological polar surface area (TPSA) is 65.7 Å². The van der Waals surface area contributed by atoms with Gasteiger partial charge in [0.15, 0.2) is 0 Å². The number of likely N-dealkylation sites (tertiary alicyclic amines) is 1. The zero-order valence-corrected chi connectivity index (χ0v) is 18.7. The molecule has 1 aromatic carbocycles. The van der Waals surface area contributed by atoms with E-state index in [9.17, 15) is 15.0 Å². The number of aliphatic carboxylic acids is 1. The highest BCUT2D eigenvalue weighted by atomic mass is 35.5. The molecule has 164 valence electrons. The average Bonchev–Trinajstić information content (AvgIpc) is 3.13. The van der Waals surface area contributed by atoms with Crippen molar-refractivity contribution in [1.82, 2.24) is 9.47 Å². The smallest absolute Gasteiger partial charge is 0.306 e. The van der Waals surface area contributed by atoms with Gasteiger partial charge in [0.2, 0.25) is 0 Å². The Labute approximate surface area is 183 Å². The average molecular weight is 433 g/mol. The minimum atomic E-state index is -0.670. The lowest BCUT2D eigenvalue weighted by Crippen LogP contribution is -2.54. The highest BCUT2D eigenvalue weighted by Crippen LogP contribution is 2.41. The molecule has 1 aliphatic heterocycles. The third kappa shape index (κ3) is 3.88. The molecule has 5 nitrogen and oxygen atoms in total. The van der Waals surface area contributed by atoms with E-state index in [-0.39, 0.29) is 23.8 Å². The van der Waals surface area contributed by atoms with Crippen LogP contribution in [0.4, 0.5) is 0 Å². The van der Waals surface area contributed by atoms with Gasteiger partial charge in [-0.15, -0.1) is 0 Å². The van der Waals surface area contributed by atoms with Gasteiger partial charge in [0, 0.05) is 36.2 Å². The normalized spacial score (nSPS) is 27.0. The van der Waals surface area contributed by atoms with Crippen LogP contribution in [-0.4, -0.2) is 44.5 Å². The van der Waals surface area contributed by atoms with E-state index in [1.807, 2.05) is 12.1 Å². The van der Waals surface area contributed by atoms with Crippen LogP contribution in [0.15, 0.2) is 24.4 Å². The van der Waals surface area contributed by atoms with Gasteiger partial charge in [-0.2, -0.15) is 0 Å². The molecule has 2 aromatic rings. The number of aromatic nitrogens is 1. The molecule has 2 N–H and O–H groups in total. The number of nitrogens with zero attached hydrogens (tertiary/aromatic N) is 2. The van der Waals surface area contributed by atoms with Crippen LogP contribution in [0.1, 0.15) is 63.9 Å². The maximum absolute atomic E-state index is 11.7. The Hall–Kier alpha value is -1.56. The Morgan fingerprint density at radius 2 is 2.07 bits per heavy atom. The van der Waals surface area contributed by atoms with Crippen molar-refractivity contribution in [3.05, 3.63) is 35.0 Å². The van der Waals surface area contributed by atoms with Crippen LogP contribution < -0.4 is 0 Å². The molecule has 0 radical (unpaired) electrons. The SMILES string of the molecule is CCn1cc(C(C)CC(O)N2CCCC3C(C(=O)O)CCCC32)c2c(Cl)cccc21. The van der Waals surface area contributed by atoms with Gasteiger partial charge in [0.1, 0.15) is 6.23 Å². The molecule has 0 spiro atoms. The Morgan fingerprint density at radius 1 is 1.27 bits per heavy atom. The molecular weight excluding hydrogens is 400 g/mol. The van der Waals surface area contributed by atoms with Gasteiger partial charge in [-0.05, 0) is 68.6 Å². The summed E-state index contributed by atoms with van der Waals surface area (Å²) in [4.78, 5) is 13.9. The monoisotopic (exact) mass is 432 g/mol. The Bertz CT molecular complexity index is 911. The lowest BCUT2D eigenvalue weighted by atomic mass is 9.71. The zero-order chi connectivity index (χ0) is 21.4. The van der Waals surface area contributed by atoms with Crippen molar-refractivity contribution < 1.29 is 15.0 Å². The molecule has 4 rings (SSSR count). The number of hydrogen-bond donors (Lipinski definition) is 2. The summed E-state index contributed by atoms with van der Waals surface area (Å²) in [5.41, 5.74) is 2.31. The molecule has 1 saturated carbocycles. The van der Waals surface area contributed by atoms with Crippen LogP contribution in [0.25, 0.3) is 10.9 Å². The molecule has 2 fully saturated rings. The van der Waals surface area contributed by atoms with Crippen LogP contribution in [0.2, 0.25) is 5.02 Å². The highest BCUT2D eigenvalue weighted by molar-refractivity contribution is 6.35. The number of fused-ring (bicyclic) bond motifs is 2. The Kier molecular flexibility index (Phi) is 6.42. The summed E-state index contributed by atoms with van der Waals surface area (Å²) >= 11 is 6.56. The maximum atomic E-state index is 11.7. The number of rotatable bonds is 6. The van der Waals surface area contributed by atoms with Crippen molar-refractivity contribution in [3.63, 3.8) is 0 Å². The summed E-state index contributed by atoms with van der Waals surface area (Å²) in [6.07, 6.45) is 6.83. The molecule has 2 aliphatic rings. The number of hydrogen-bond acceptors (Lipinski definition) is 3. The third-order valence-electron chi connectivity index (χ3n) is 7.43. The van der Waals surface area contributed by atoms with Crippen molar-refractivity contribution in [1.29, 1.82) is 0 Å². The first kappa shape index (κ1) is 21.7. The number of halogens is 1. The molecule has 5 atom stereocenters. The van der Waals surface area contributed by atoms with Crippen LogP contribution >= 0.6 is 11.6 Å². The lowest BCUT2D eigenvalue weighted by Gasteiger charge is -2.48. The Balaban J connectivity index is 1.55. The summed E-state index contributed by atoms with van der Waals surface area (Å²) in [5.74, 6) is -0.630. The second-order valence-electron chi connectivity index (χ2n) is 9.11. The summed E-state index contributed by atoms with van der Waals surface area (Å²) in [7, 11) is 0. The van der Waals surface area contributed by atoms with Crippen LogP contribution in [-0.2, 0) is 11.3 Å². The maximum Gasteiger partial charge on any atom is 0.306 e. The van der Waals surface area contributed by atoms with Gasteiger partial charge in [0.25, 0.3) is 0 Å². The van der Waals surface area contributed by atoms with Crippen molar-refractivity contribution in [3.8, 4) is 0 Å². The van der Waals surface area contributed by atoms with Crippen LogP contribution in [0, 0.1) is 11.8 Å². The summed E-state index contributed by atoms with van der Waals surface area (Å²) in [5, 5.41) is 22.7. The van der Waals surface area contributed by atoms with E-state index in [1.54, 1.807) is 0 Å². The zero-order valence-electron chi connectivity index (χ0n) is 17.9. The molecule has 2 heterocycles. The van der Waals surface area contributed by atoms with E-state index in [4.69, 9.17) is 11.6 Å². The van der Waals surface area contributed by atoms with E-state index >= 15 is 0 Å². The van der Waals surface area contributed by atoms with Gasteiger partial charge < -0.3 is 14.8 Å². The number of aryl methyl sites for hydroxylation is 1. The second-order valence-corrected chi connectivity index (χ2v) is 9.52. The van der Waals surface area contributed by atoms with E-state index in [2.05, 4.69) is 35.6 Å². The van der Waals surface area contributed by atoms with E-state index in [1.165, 1.54) is 5.56 Å². The van der Waals surface area contributed by atoms with Crippen molar-refractivity contribution in [2.24, 2.45) is 11.8 Å². The van der Waals surface area contributed by atoms with Crippen molar-refractivity contribution in [2.45, 2.75) is 77.1 Å².